The normalized spacial score (nSPS) is 12.3. The van der Waals surface area contributed by atoms with Gasteiger partial charge in [-0.15, -0.1) is 0 Å². The molecule has 6 heteroatoms. The van der Waals surface area contributed by atoms with Crippen molar-refractivity contribution in [2.24, 2.45) is 0 Å². The molecule has 0 spiro atoms. The second-order valence-electron chi connectivity index (χ2n) is 7.06. The van der Waals surface area contributed by atoms with Crippen molar-refractivity contribution < 1.29 is 19.0 Å². The predicted octanol–water partition coefficient (Wildman–Crippen LogP) is 3.67. The molecule has 0 saturated heterocycles. The van der Waals surface area contributed by atoms with Gasteiger partial charge in [0.05, 0.1) is 30.0 Å². The van der Waals surface area contributed by atoms with Gasteiger partial charge >= 0.3 is 5.97 Å². The molecule has 6 nitrogen and oxygen atoms in total. The molecule has 0 bridgehead atoms. The van der Waals surface area contributed by atoms with Crippen LogP contribution in [0.25, 0.3) is 10.9 Å². The van der Waals surface area contributed by atoms with Crippen LogP contribution < -0.4 is 0 Å². The molecule has 0 saturated carbocycles. The molecule has 1 aromatic carbocycles. The number of hydrogen-bond donors (Lipinski definition) is 0. The molecule has 2 aromatic rings. The lowest BCUT2D eigenvalue weighted by molar-refractivity contribution is -0.173. The molecule has 0 N–H and O–H groups in total. The number of carbonyl (C=O) groups is 1. The molecule has 0 aliphatic heterocycles. The number of hydrogen-bond acceptors (Lipinski definition) is 5. The second kappa shape index (κ2) is 7.97. The van der Waals surface area contributed by atoms with Gasteiger partial charge in [-0.25, -0.2) is 9.48 Å². The van der Waals surface area contributed by atoms with Crippen LogP contribution in [0.15, 0.2) is 24.3 Å². The molecule has 0 atom stereocenters. The summed E-state index contributed by atoms with van der Waals surface area (Å²) in [6.45, 7) is 11.6. The van der Waals surface area contributed by atoms with Gasteiger partial charge in [0.2, 0.25) is 0 Å². The summed E-state index contributed by atoms with van der Waals surface area (Å²) < 4.78 is 18.6. The van der Waals surface area contributed by atoms with E-state index in [9.17, 15) is 4.79 Å². The van der Waals surface area contributed by atoms with E-state index in [0.29, 0.717) is 6.73 Å². The van der Waals surface area contributed by atoms with Crippen molar-refractivity contribution in [3.63, 3.8) is 0 Å². The van der Waals surface area contributed by atoms with E-state index in [1.807, 2.05) is 56.6 Å². The predicted molar refractivity (Wildman–Crippen MR) is 96.1 cm³/mol. The highest BCUT2D eigenvalue weighted by atomic mass is 16.6. The van der Waals surface area contributed by atoms with Gasteiger partial charge in [0.25, 0.3) is 0 Å². The van der Waals surface area contributed by atoms with Crippen molar-refractivity contribution in [1.29, 1.82) is 0 Å². The fraction of sp³-hybridized carbons (Fsp3) is 0.579. The number of nitrogens with zero attached hydrogens (tertiary/aromatic N) is 2. The third kappa shape index (κ3) is 5.03. The van der Waals surface area contributed by atoms with Crippen LogP contribution in [0.4, 0.5) is 0 Å². The molecule has 1 heterocycles. The van der Waals surface area contributed by atoms with Crippen molar-refractivity contribution >= 4 is 16.9 Å². The van der Waals surface area contributed by atoms with Gasteiger partial charge in [-0.05, 0) is 47.6 Å². The first kappa shape index (κ1) is 19.4. The van der Waals surface area contributed by atoms with E-state index in [0.717, 1.165) is 16.6 Å². The molecule has 1 aromatic heterocycles. The maximum Gasteiger partial charge on any atom is 0.338 e. The lowest BCUT2D eigenvalue weighted by Gasteiger charge is -2.24. The van der Waals surface area contributed by atoms with Crippen molar-refractivity contribution in [3.8, 4) is 0 Å². The molecular weight excluding hydrogens is 320 g/mol. The average molecular weight is 348 g/mol. The van der Waals surface area contributed by atoms with Crippen LogP contribution in [0.5, 0.6) is 0 Å². The van der Waals surface area contributed by atoms with Gasteiger partial charge in [0, 0.05) is 5.39 Å². The highest BCUT2D eigenvalue weighted by molar-refractivity contribution is 5.82. The zero-order chi connectivity index (χ0) is 18.6. The van der Waals surface area contributed by atoms with Crippen LogP contribution in [-0.4, -0.2) is 33.6 Å². The molecule has 0 fully saturated rings. The summed E-state index contributed by atoms with van der Waals surface area (Å²) in [6.07, 6.45) is -0.0593. The van der Waals surface area contributed by atoms with E-state index < -0.39 is 5.60 Å². The Hall–Kier alpha value is -1.92. The van der Waals surface area contributed by atoms with Gasteiger partial charge < -0.3 is 14.2 Å². The monoisotopic (exact) mass is 348 g/mol. The Labute approximate surface area is 149 Å². The third-order valence-electron chi connectivity index (χ3n) is 3.67. The van der Waals surface area contributed by atoms with E-state index in [1.165, 1.54) is 0 Å². The molecule has 0 unspecified atom stereocenters. The topological polar surface area (TPSA) is 62.6 Å². The number of aromatic nitrogens is 2. The lowest BCUT2D eigenvalue weighted by Crippen LogP contribution is -2.38. The quantitative estimate of drug-likeness (QED) is 0.681. The maximum atomic E-state index is 12.1. The van der Waals surface area contributed by atoms with Crippen molar-refractivity contribution in [2.45, 2.75) is 72.7 Å². The standard InChI is InChI=1S/C19H28N2O4/c1-13(2)23-12-21-17-10-8-7-9-15(17)16(20-21)11-24-19(5,6)18(22)25-14(3)4/h7-10,13-14H,11-12H2,1-6H3. The fourth-order valence-corrected chi connectivity index (χ4v) is 2.28. The number of benzene rings is 1. The molecule has 0 aliphatic carbocycles. The minimum atomic E-state index is -1.04. The van der Waals surface area contributed by atoms with E-state index in [-0.39, 0.29) is 24.8 Å². The van der Waals surface area contributed by atoms with Gasteiger partial charge in [-0.3, -0.25) is 0 Å². The number of para-hydroxylation sites is 1. The van der Waals surface area contributed by atoms with E-state index in [2.05, 4.69) is 5.10 Å². The number of rotatable bonds is 8. The van der Waals surface area contributed by atoms with Crippen LogP contribution in [-0.2, 0) is 32.3 Å². The van der Waals surface area contributed by atoms with Gasteiger partial charge in [0.1, 0.15) is 6.73 Å². The molecule has 138 valence electrons. The van der Waals surface area contributed by atoms with Crippen LogP contribution in [0.1, 0.15) is 47.2 Å². The van der Waals surface area contributed by atoms with Crippen molar-refractivity contribution in [1.82, 2.24) is 9.78 Å². The first-order valence-corrected chi connectivity index (χ1v) is 8.61. The lowest BCUT2D eigenvalue weighted by atomic mass is 10.1. The molecule has 0 amide bonds. The Morgan fingerprint density at radius 3 is 2.48 bits per heavy atom. The average Bonchev–Trinajstić information content (AvgIpc) is 2.88. The summed E-state index contributed by atoms with van der Waals surface area (Å²) in [7, 11) is 0. The van der Waals surface area contributed by atoms with Gasteiger partial charge in [-0.1, -0.05) is 18.2 Å². The molecule has 25 heavy (non-hydrogen) atoms. The zero-order valence-electron chi connectivity index (χ0n) is 15.9. The van der Waals surface area contributed by atoms with Gasteiger partial charge in [-0.2, -0.15) is 5.10 Å². The summed E-state index contributed by atoms with van der Waals surface area (Å²) in [4.78, 5) is 12.1. The second-order valence-corrected chi connectivity index (χ2v) is 7.06. The summed E-state index contributed by atoms with van der Waals surface area (Å²) in [6, 6.07) is 7.91. The summed E-state index contributed by atoms with van der Waals surface area (Å²) in [5.41, 5.74) is 0.710. The van der Waals surface area contributed by atoms with Crippen molar-refractivity contribution in [2.75, 3.05) is 0 Å². The van der Waals surface area contributed by atoms with E-state index in [4.69, 9.17) is 14.2 Å². The zero-order valence-corrected chi connectivity index (χ0v) is 15.9. The fourth-order valence-electron chi connectivity index (χ4n) is 2.28. The number of ether oxygens (including phenoxy) is 3. The molecule has 2 rings (SSSR count). The minimum Gasteiger partial charge on any atom is -0.461 e. The Bertz CT molecular complexity index is 719. The third-order valence-corrected chi connectivity index (χ3v) is 3.67. The highest BCUT2D eigenvalue weighted by Crippen LogP contribution is 2.22. The molecule has 0 aliphatic rings. The largest absolute Gasteiger partial charge is 0.461 e. The summed E-state index contributed by atoms with van der Waals surface area (Å²) >= 11 is 0. The SMILES string of the molecule is CC(C)OCn1nc(COC(C)(C)C(=O)OC(C)C)c2ccccc21. The van der Waals surface area contributed by atoms with E-state index >= 15 is 0 Å². The molecular formula is C19H28N2O4. The highest BCUT2D eigenvalue weighted by Gasteiger charge is 2.31. The van der Waals surface area contributed by atoms with Crippen LogP contribution in [0.2, 0.25) is 0 Å². The summed E-state index contributed by atoms with van der Waals surface area (Å²) in [5.74, 6) is -0.380. The number of esters is 1. The Kier molecular flexibility index (Phi) is 6.19. The Morgan fingerprint density at radius 2 is 1.84 bits per heavy atom. The van der Waals surface area contributed by atoms with Crippen molar-refractivity contribution in [3.05, 3.63) is 30.0 Å². The first-order chi connectivity index (χ1) is 11.7. The maximum absolute atomic E-state index is 12.1. The van der Waals surface area contributed by atoms with E-state index in [1.54, 1.807) is 13.8 Å². The number of carbonyl (C=O) groups excluding carboxylic acids is 1. The smallest absolute Gasteiger partial charge is 0.338 e. The van der Waals surface area contributed by atoms with Gasteiger partial charge in [0.15, 0.2) is 5.60 Å². The van der Waals surface area contributed by atoms with Crippen LogP contribution in [0, 0.1) is 0 Å². The van der Waals surface area contributed by atoms with Crippen LogP contribution >= 0.6 is 0 Å². The summed E-state index contributed by atoms with van der Waals surface area (Å²) in [5, 5.41) is 5.59. The molecule has 0 radical (unpaired) electrons. The minimum absolute atomic E-state index is 0.118. The number of fused-ring (bicyclic) bond motifs is 1. The first-order valence-electron chi connectivity index (χ1n) is 8.61. The Balaban J connectivity index is 2.16. The Morgan fingerprint density at radius 1 is 1.16 bits per heavy atom. The van der Waals surface area contributed by atoms with Crippen LogP contribution in [0.3, 0.4) is 0 Å².